The van der Waals surface area contributed by atoms with Crippen LogP contribution in [-0.2, 0) is 11.2 Å². The van der Waals surface area contributed by atoms with Gasteiger partial charge in [0, 0.05) is 18.8 Å². The molecule has 1 fully saturated rings. The standard InChI is InChI=1S/C20H32N2O2/c1-6-16-13-17(11-10-15(16)2)21-14-18-9-7-8-12-22(18)19(23)24-20(3,4)5/h10-11,13,18,21H,6-9,12,14H2,1-5H3. The van der Waals surface area contributed by atoms with Gasteiger partial charge in [0.1, 0.15) is 5.60 Å². The molecule has 1 aromatic carbocycles. The number of carbonyl (C=O) groups excluding carboxylic acids is 1. The predicted molar refractivity (Wildman–Crippen MR) is 99.6 cm³/mol. The van der Waals surface area contributed by atoms with Gasteiger partial charge in [-0.2, -0.15) is 0 Å². The van der Waals surface area contributed by atoms with Crippen molar-refractivity contribution in [3.63, 3.8) is 0 Å². The van der Waals surface area contributed by atoms with Crippen molar-refractivity contribution in [2.45, 2.75) is 71.9 Å². The molecule has 0 bridgehead atoms. The molecule has 4 heteroatoms. The second-order valence-corrected chi connectivity index (χ2v) is 7.70. The normalized spacial score (nSPS) is 18.4. The van der Waals surface area contributed by atoms with Gasteiger partial charge >= 0.3 is 6.09 Å². The van der Waals surface area contributed by atoms with Gasteiger partial charge in [0.15, 0.2) is 0 Å². The van der Waals surface area contributed by atoms with Crippen LogP contribution in [0.4, 0.5) is 10.5 Å². The Bertz CT molecular complexity index is 563. The Labute approximate surface area is 146 Å². The number of hydrogen-bond acceptors (Lipinski definition) is 3. The summed E-state index contributed by atoms with van der Waals surface area (Å²) in [6, 6.07) is 6.69. The van der Waals surface area contributed by atoms with Gasteiger partial charge in [-0.05, 0) is 76.6 Å². The Morgan fingerprint density at radius 2 is 2.08 bits per heavy atom. The summed E-state index contributed by atoms with van der Waals surface area (Å²) in [4.78, 5) is 14.4. The first-order valence-electron chi connectivity index (χ1n) is 9.13. The molecule has 1 unspecified atom stereocenters. The number of benzene rings is 1. The molecule has 1 saturated heterocycles. The van der Waals surface area contributed by atoms with Crippen LogP contribution < -0.4 is 5.32 Å². The molecule has 0 radical (unpaired) electrons. The van der Waals surface area contributed by atoms with E-state index in [0.29, 0.717) is 0 Å². The lowest BCUT2D eigenvalue weighted by Gasteiger charge is -2.37. The van der Waals surface area contributed by atoms with Gasteiger partial charge in [0.2, 0.25) is 0 Å². The highest BCUT2D eigenvalue weighted by Crippen LogP contribution is 2.22. The fourth-order valence-corrected chi connectivity index (χ4v) is 3.17. The summed E-state index contributed by atoms with van der Waals surface area (Å²) in [5.74, 6) is 0. The van der Waals surface area contributed by atoms with E-state index in [-0.39, 0.29) is 12.1 Å². The Morgan fingerprint density at radius 1 is 1.33 bits per heavy atom. The summed E-state index contributed by atoms with van der Waals surface area (Å²) < 4.78 is 5.57. The molecule has 0 spiro atoms. The third kappa shape index (κ3) is 5.15. The van der Waals surface area contributed by atoms with Crippen LogP contribution in [0.3, 0.4) is 0 Å². The number of rotatable bonds is 4. The summed E-state index contributed by atoms with van der Waals surface area (Å²) in [7, 11) is 0. The SMILES string of the molecule is CCc1cc(NCC2CCCCN2C(=O)OC(C)(C)C)ccc1C. The van der Waals surface area contributed by atoms with Crippen LogP contribution in [0.15, 0.2) is 18.2 Å². The molecule has 1 heterocycles. The number of carbonyl (C=O) groups is 1. The number of nitrogens with one attached hydrogen (secondary N) is 1. The van der Waals surface area contributed by atoms with E-state index in [4.69, 9.17) is 4.74 Å². The zero-order valence-corrected chi connectivity index (χ0v) is 15.8. The number of anilines is 1. The number of amides is 1. The van der Waals surface area contributed by atoms with E-state index in [0.717, 1.165) is 38.0 Å². The van der Waals surface area contributed by atoms with Gasteiger partial charge in [0.25, 0.3) is 0 Å². The number of likely N-dealkylation sites (tertiary alicyclic amines) is 1. The van der Waals surface area contributed by atoms with E-state index in [1.165, 1.54) is 17.5 Å². The van der Waals surface area contributed by atoms with Gasteiger partial charge in [-0.15, -0.1) is 0 Å². The third-order valence-corrected chi connectivity index (χ3v) is 4.53. The molecular weight excluding hydrogens is 300 g/mol. The molecule has 24 heavy (non-hydrogen) atoms. The molecule has 2 rings (SSSR count). The van der Waals surface area contributed by atoms with Crippen LogP contribution in [0.5, 0.6) is 0 Å². The molecule has 4 nitrogen and oxygen atoms in total. The van der Waals surface area contributed by atoms with Crippen molar-refractivity contribution < 1.29 is 9.53 Å². The summed E-state index contributed by atoms with van der Waals surface area (Å²) in [5, 5.41) is 3.51. The quantitative estimate of drug-likeness (QED) is 0.864. The second kappa shape index (κ2) is 7.91. The van der Waals surface area contributed by atoms with Gasteiger partial charge in [-0.25, -0.2) is 4.79 Å². The molecule has 1 amide bonds. The van der Waals surface area contributed by atoms with E-state index in [9.17, 15) is 4.79 Å². The topological polar surface area (TPSA) is 41.6 Å². The smallest absolute Gasteiger partial charge is 0.410 e. The highest BCUT2D eigenvalue weighted by Gasteiger charge is 2.30. The Balaban J connectivity index is 1.99. The first-order chi connectivity index (χ1) is 11.3. The van der Waals surface area contributed by atoms with Crippen molar-refractivity contribution in [2.24, 2.45) is 0 Å². The number of piperidine rings is 1. The van der Waals surface area contributed by atoms with E-state index in [1.807, 2.05) is 25.7 Å². The predicted octanol–water partition coefficient (Wildman–Crippen LogP) is 4.76. The highest BCUT2D eigenvalue weighted by molar-refractivity contribution is 5.68. The second-order valence-electron chi connectivity index (χ2n) is 7.70. The molecule has 0 aliphatic carbocycles. The van der Waals surface area contributed by atoms with Crippen LogP contribution in [0.25, 0.3) is 0 Å². The molecule has 1 atom stereocenters. The highest BCUT2D eigenvalue weighted by atomic mass is 16.6. The van der Waals surface area contributed by atoms with Crippen molar-refractivity contribution in [1.29, 1.82) is 0 Å². The first kappa shape index (κ1) is 18.6. The Kier molecular flexibility index (Phi) is 6.14. The van der Waals surface area contributed by atoms with Crippen molar-refractivity contribution in [3.8, 4) is 0 Å². The third-order valence-electron chi connectivity index (χ3n) is 4.53. The molecule has 0 saturated carbocycles. The van der Waals surface area contributed by atoms with Gasteiger partial charge in [0.05, 0.1) is 6.04 Å². The zero-order chi connectivity index (χ0) is 17.7. The van der Waals surface area contributed by atoms with E-state index < -0.39 is 5.60 Å². The van der Waals surface area contributed by atoms with Gasteiger partial charge < -0.3 is 15.0 Å². The maximum atomic E-state index is 12.5. The molecular formula is C20H32N2O2. The maximum Gasteiger partial charge on any atom is 0.410 e. The number of ether oxygens (including phenoxy) is 1. The molecule has 134 valence electrons. The molecule has 1 aliphatic heterocycles. The van der Waals surface area contributed by atoms with E-state index in [2.05, 4.69) is 37.4 Å². The molecule has 0 aromatic heterocycles. The van der Waals surface area contributed by atoms with Gasteiger partial charge in [-0.3, -0.25) is 0 Å². The minimum atomic E-state index is -0.445. The molecule has 1 aliphatic rings. The average Bonchev–Trinajstić information content (AvgIpc) is 2.52. The van der Waals surface area contributed by atoms with Crippen molar-refractivity contribution >= 4 is 11.8 Å². The lowest BCUT2D eigenvalue weighted by Crippen LogP contribution is -2.48. The number of nitrogens with zero attached hydrogens (tertiary/aromatic N) is 1. The fraction of sp³-hybridized carbons (Fsp3) is 0.650. The summed E-state index contributed by atoms with van der Waals surface area (Å²) in [5.41, 5.74) is 3.38. The molecule has 1 N–H and O–H groups in total. The van der Waals surface area contributed by atoms with Crippen LogP contribution in [0.1, 0.15) is 58.1 Å². The molecule has 1 aromatic rings. The van der Waals surface area contributed by atoms with Gasteiger partial charge in [-0.1, -0.05) is 13.0 Å². The van der Waals surface area contributed by atoms with Crippen LogP contribution in [-0.4, -0.2) is 35.7 Å². The number of hydrogen-bond donors (Lipinski definition) is 1. The maximum absolute atomic E-state index is 12.5. The summed E-state index contributed by atoms with van der Waals surface area (Å²) in [6.07, 6.45) is 4.10. The monoisotopic (exact) mass is 332 g/mol. The summed E-state index contributed by atoms with van der Waals surface area (Å²) in [6.45, 7) is 11.6. The zero-order valence-electron chi connectivity index (χ0n) is 15.8. The number of aryl methyl sites for hydroxylation is 2. The van der Waals surface area contributed by atoms with Crippen molar-refractivity contribution in [1.82, 2.24) is 4.90 Å². The van der Waals surface area contributed by atoms with Crippen molar-refractivity contribution in [3.05, 3.63) is 29.3 Å². The minimum absolute atomic E-state index is 0.188. The Hall–Kier alpha value is -1.71. The fourth-order valence-electron chi connectivity index (χ4n) is 3.17. The Morgan fingerprint density at radius 3 is 2.75 bits per heavy atom. The van der Waals surface area contributed by atoms with E-state index >= 15 is 0 Å². The van der Waals surface area contributed by atoms with Crippen LogP contribution in [0.2, 0.25) is 0 Å². The minimum Gasteiger partial charge on any atom is -0.444 e. The average molecular weight is 332 g/mol. The van der Waals surface area contributed by atoms with Crippen LogP contribution >= 0.6 is 0 Å². The first-order valence-corrected chi connectivity index (χ1v) is 9.13. The van der Waals surface area contributed by atoms with Crippen LogP contribution in [0, 0.1) is 6.92 Å². The largest absolute Gasteiger partial charge is 0.444 e. The lowest BCUT2D eigenvalue weighted by atomic mass is 10.0. The lowest BCUT2D eigenvalue weighted by molar-refractivity contribution is 0.0114. The van der Waals surface area contributed by atoms with Crippen molar-refractivity contribution in [2.75, 3.05) is 18.4 Å². The summed E-state index contributed by atoms with van der Waals surface area (Å²) >= 11 is 0. The van der Waals surface area contributed by atoms with E-state index in [1.54, 1.807) is 0 Å².